The summed E-state index contributed by atoms with van der Waals surface area (Å²) in [4.78, 5) is 11.5. The number of nitrogens with one attached hydrogen (secondary N) is 2. The Labute approximate surface area is 174 Å². The molecule has 3 rings (SSSR count). The number of thiophene rings is 1. The van der Waals surface area contributed by atoms with Crippen LogP contribution in [0, 0.1) is 6.92 Å². The molecule has 28 heavy (non-hydrogen) atoms. The van der Waals surface area contributed by atoms with Crippen molar-refractivity contribution in [3.05, 3.63) is 63.3 Å². The largest absolute Gasteiger partial charge is 0.383 e. The van der Waals surface area contributed by atoms with Gasteiger partial charge in [-0.25, -0.2) is 9.98 Å². The third-order valence-electron chi connectivity index (χ3n) is 4.29. The van der Waals surface area contributed by atoms with Gasteiger partial charge in [0.05, 0.1) is 18.8 Å². The second kappa shape index (κ2) is 9.32. The topological polar surface area (TPSA) is 69.5 Å². The summed E-state index contributed by atoms with van der Waals surface area (Å²) in [5, 5.41) is 20.2. The first kappa shape index (κ1) is 20.5. The zero-order valence-corrected chi connectivity index (χ0v) is 18.0. The highest BCUT2D eigenvalue weighted by Gasteiger charge is 2.24. The lowest BCUT2D eigenvalue weighted by atomic mass is 10.1. The minimum absolute atomic E-state index is 0.385. The fourth-order valence-corrected chi connectivity index (χ4v) is 4.48. The highest BCUT2D eigenvalue weighted by Crippen LogP contribution is 2.28. The maximum absolute atomic E-state index is 10.7. The van der Waals surface area contributed by atoms with Gasteiger partial charge in [0.25, 0.3) is 0 Å². The number of hydrogen-bond acceptors (Lipinski definition) is 5. The second-order valence-corrected chi connectivity index (χ2v) is 8.72. The molecule has 1 aromatic carbocycles. The van der Waals surface area contributed by atoms with Crippen LogP contribution in [0.2, 0.25) is 0 Å². The number of aryl methyl sites for hydroxylation is 1. The van der Waals surface area contributed by atoms with Gasteiger partial charge in [0.15, 0.2) is 5.96 Å². The maximum atomic E-state index is 10.7. The molecule has 2 heterocycles. The van der Waals surface area contributed by atoms with Crippen LogP contribution in [0.3, 0.4) is 0 Å². The molecule has 0 aliphatic heterocycles. The lowest BCUT2D eigenvalue weighted by Gasteiger charge is -2.23. The molecule has 2 aromatic heterocycles. The SMILES string of the molecule is CCNC(=NCc1sc(-c2ccccc2)nc1C)NCC(C)(O)c1cccs1. The van der Waals surface area contributed by atoms with Gasteiger partial charge in [-0.3, -0.25) is 0 Å². The van der Waals surface area contributed by atoms with Gasteiger partial charge in [-0.15, -0.1) is 22.7 Å². The molecule has 7 heteroatoms. The van der Waals surface area contributed by atoms with E-state index >= 15 is 0 Å². The van der Waals surface area contributed by atoms with E-state index in [1.807, 2.05) is 56.5 Å². The lowest BCUT2D eigenvalue weighted by molar-refractivity contribution is 0.0655. The van der Waals surface area contributed by atoms with Gasteiger partial charge in [0.2, 0.25) is 0 Å². The summed E-state index contributed by atoms with van der Waals surface area (Å²) in [6.07, 6.45) is 0. The molecule has 148 valence electrons. The maximum Gasteiger partial charge on any atom is 0.191 e. The summed E-state index contributed by atoms with van der Waals surface area (Å²) >= 11 is 3.22. The number of rotatable bonds is 7. The summed E-state index contributed by atoms with van der Waals surface area (Å²) < 4.78 is 0. The number of aromatic nitrogens is 1. The first-order valence-corrected chi connectivity index (χ1v) is 11.0. The summed E-state index contributed by atoms with van der Waals surface area (Å²) in [5.74, 6) is 0.688. The third kappa shape index (κ3) is 5.19. The fraction of sp³-hybridized carbons (Fsp3) is 0.333. The van der Waals surface area contributed by atoms with E-state index in [1.165, 1.54) is 0 Å². The van der Waals surface area contributed by atoms with Gasteiger partial charge in [0, 0.05) is 21.9 Å². The van der Waals surface area contributed by atoms with Crippen molar-refractivity contribution in [3.63, 3.8) is 0 Å². The Morgan fingerprint density at radius 3 is 2.64 bits per heavy atom. The van der Waals surface area contributed by atoms with Gasteiger partial charge >= 0.3 is 0 Å². The first-order valence-electron chi connectivity index (χ1n) is 9.30. The van der Waals surface area contributed by atoms with E-state index in [0.29, 0.717) is 19.0 Å². The molecule has 0 saturated carbocycles. The van der Waals surface area contributed by atoms with Crippen molar-refractivity contribution in [1.82, 2.24) is 15.6 Å². The van der Waals surface area contributed by atoms with E-state index in [9.17, 15) is 5.11 Å². The molecule has 0 spiro atoms. The summed E-state index contributed by atoms with van der Waals surface area (Å²) in [7, 11) is 0. The van der Waals surface area contributed by atoms with E-state index in [4.69, 9.17) is 9.98 Å². The fourth-order valence-electron chi connectivity index (χ4n) is 2.70. The molecule has 0 radical (unpaired) electrons. The average molecular weight is 415 g/mol. The highest BCUT2D eigenvalue weighted by molar-refractivity contribution is 7.15. The summed E-state index contributed by atoms with van der Waals surface area (Å²) in [5.41, 5.74) is 1.20. The Morgan fingerprint density at radius 2 is 1.96 bits per heavy atom. The van der Waals surface area contributed by atoms with Crippen LogP contribution in [0.25, 0.3) is 10.6 Å². The van der Waals surface area contributed by atoms with Gasteiger partial charge < -0.3 is 15.7 Å². The van der Waals surface area contributed by atoms with E-state index in [-0.39, 0.29) is 0 Å². The molecule has 0 amide bonds. The zero-order chi connectivity index (χ0) is 20.0. The molecular formula is C21H26N4OS2. The Kier molecular flexibility index (Phi) is 6.83. The molecule has 3 N–H and O–H groups in total. The van der Waals surface area contributed by atoms with Crippen molar-refractivity contribution in [1.29, 1.82) is 0 Å². The zero-order valence-electron chi connectivity index (χ0n) is 16.4. The Balaban J connectivity index is 1.68. The Morgan fingerprint density at radius 1 is 1.18 bits per heavy atom. The molecule has 0 bridgehead atoms. The third-order valence-corrected chi connectivity index (χ3v) is 6.60. The van der Waals surface area contributed by atoms with Crippen LogP contribution in [-0.2, 0) is 12.1 Å². The smallest absolute Gasteiger partial charge is 0.191 e. The summed E-state index contributed by atoms with van der Waals surface area (Å²) in [6, 6.07) is 14.1. The van der Waals surface area contributed by atoms with E-state index in [1.54, 1.807) is 22.7 Å². The van der Waals surface area contributed by atoms with Crippen LogP contribution < -0.4 is 10.6 Å². The van der Waals surface area contributed by atoms with Gasteiger partial charge in [-0.2, -0.15) is 0 Å². The number of benzene rings is 1. The van der Waals surface area contributed by atoms with Crippen LogP contribution in [0.4, 0.5) is 0 Å². The van der Waals surface area contributed by atoms with Crippen LogP contribution in [0.1, 0.15) is 29.3 Å². The number of hydrogen-bond donors (Lipinski definition) is 3. The predicted octanol–water partition coefficient (Wildman–Crippen LogP) is 4.14. The number of aliphatic imine (C=N–C) groups is 1. The summed E-state index contributed by atoms with van der Waals surface area (Å²) in [6.45, 7) is 7.55. The monoisotopic (exact) mass is 414 g/mol. The molecular weight excluding hydrogens is 388 g/mol. The number of thiazole rings is 1. The molecule has 0 aliphatic rings. The van der Waals surface area contributed by atoms with Gasteiger partial charge in [-0.05, 0) is 32.2 Å². The van der Waals surface area contributed by atoms with Crippen LogP contribution in [0.15, 0.2) is 52.8 Å². The lowest BCUT2D eigenvalue weighted by Crippen LogP contribution is -2.44. The minimum atomic E-state index is -0.939. The van der Waals surface area contributed by atoms with E-state index < -0.39 is 5.60 Å². The second-order valence-electron chi connectivity index (χ2n) is 6.69. The predicted molar refractivity (Wildman–Crippen MR) is 119 cm³/mol. The van der Waals surface area contributed by atoms with Crippen molar-refractivity contribution in [2.75, 3.05) is 13.1 Å². The van der Waals surface area contributed by atoms with Gasteiger partial charge in [-0.1, -0.05) is 36.4 Å². The quantitative estimate of drug-likeness (QED) is 0.401. The first-order chi connectivity index (χ1) is 13.5. The van der Waals surface area contributed by atoms with Crippen molar-refractivity contribution in [2.24, 2.45) is 4.99 Å². The molecule has 0 aliphatic carbocycles. The number of guanidine groups is 1. The molecule has 0 fully saturated rings. The number of nitrogens with zero attached hydrogens (tertiary/aromatic N) is 2. The van der Waals surface area contributed by atoms with Crippen molar-refractivity contribution in [3.8, 4) is 10.6 Å². The molecule has 0 saturated heterocycles. The molecule has 1 atom stereocenters. The molecule has 1 unspecified atom stereocenters. The van der Waals surface area contributed by atoms with Crippen molar-refractivity contribution >= 4 is 28.6 Å². The normalized spacial score (nSPS) is 13.9. The molecule has 5 nitrogen and oxygen atoms in total. The Bertz CT molecular complexity index is 902. The highest BCUT2D eigenvalue weighted by atomic mass is 32.1. The van der Waals surface area contributed by atoms with E-state index in [2.05, 4.69) is 22.8 Å². The van der Waals surface area contributed by atoms with E-state index in [0.717, 1.165) is 32.6 Å². The van der Waals surface area contributed by atoms with Crippen LogP contribution in [-0.4, -0.2) is 29.1 Å². The van der Waals surface area contributed by atoms with Crippen molar-refractivity contribution < 1.29 is 5.11 Å². The van der Waals surface area contributed by atoms with Crippen LogP contribution in [0.5, 0.6) is 0 Å². The average Bonchev–Trinajstić information content (AvgIpc) is 3.35. The standard InChI is InChI=1S/C21H26N4OS2/c1-4-22-20(24-14-21(3,26)18-11-8-12-27-18)23-13-17-15(2)25-19(28-17)16-9-6-5-7-10-16/h5-12,26H,4,13-14H2,1-3H3,(H2,22,23,24). The number of aliphatic hydroxyl groups is 1. The van der Waals surface area contributed by atoms with Gasteiger partial charge in [0.1, 0.15) is 10.6 Å². The minimum Gasteiger partial charge on any atom is -0.383 e. The van der Waals surface area contributed by atoms with Crippen molar-refractivity contribution in [2.45, 2.75) is 32.9 Å². The Hall–Kier alpha value is -2.22. The molecule has 3 aromatic rings. The van der Waals surface area contributed by atoms with Crippen LogP contribution >= 0.6 is 22.7 Å².